The summed E-state index contributed by atoms with van der Waals surface area (Å²) >= 11 is 0. The third-order valence-corrected chi connectivity index (χ3v) is 8.16. The number of methoxy groups -OCH3 is 1. The van der Waals surface area contributed by atoms with Crippen LogP contribution in [0.2, 0.25) is 0 Å². The molecule has 1 aromatic carbocycles. The van der Waals surface area contributed by atoms with E-state index in [0.717, 1.165) is 46.6 Å². The smallest absolute Gasteiger partial charge is 0.320 e. The van der Waals surface area contributed by atoms with E-state index in [1.54, 1.807) is 7.11 Å². The van der Waals surface area contributed by atoms with Gasteiger partial charge in [-0.2, -0.15) is 0 Å². The SMILES string of the molecule is CCC1CCC(C2CC=C(c3cnc(-c4ccc(CNCC(=O)OC(C)(C)C)c(OC)c4)nc3)CC2)CC1. The molecule has 1 atom stereocenters. The monoisotopic (exact) mass is 519 g/mol. The maximum absolute atomic E-state index is 12.0. The summed E-state index contributed by atoms with van der Waals surface area (Å²) in [6.45, 7) is 8.57. The molecule has 2 aromatic rings. The Morgan fingerprint density at radius 2 is 1.76 bits per heavy atom. The van der Waals surface area contributed by atoms with Gasteiger partial charge < -0.3 is 14.8 Å². The van der Waals surface area contributed by atoms with Crippen molar-refractivity contribution in [2.75, 3.05) is 13.7 Å². The second kappa shape index (κ2) is 12.9. The number of aromatic nitrogens is 2. The lowest BCUT2D eigenvalue weighted by molar-refractivity contribution is -0.153. The van der Waals surface area contributed by atoms with E-state index in [4.69, 9.17) is 19.4 Å². The molecule has 2 aliphatic carbocycles. The molecule has 1 fully saturated rings. The van der Waals surface area contributed by atoms with Crippen LogP contribution in [0.4, 0.5) is 0 Å². The number of carbonyl (C=O) groups excluding carboxylic acids is 1. The molecule has 4 rings (SSSR count). The van der Waals surface area contributed by atoms with Gasteiger partial charge in [0, 0.05) is 35.6 Å². The summed E-state index contributed by atoms with van der Waals surface area (Å²) in [6, 6.07) is 5.95. The largest absolute Gasteiger partial charge is 0.496 e. The van der Waals surface area contributed by atoms with Crippen LogP contribution in [-0.2, 0) is 16.1 Å². The molecule has 0 aliphatic heterocycles. The van der Waals surface area contributed by atoms with E-state index in [0.29, 0.717) is 12.4 Å². The van der Waals surface area contributed by atoms with Gasteiger partial charge in [-0.1, -0.05) is 44.4 Å². The van der Waals surface area contributed by atoms with Gasteiger partial charge in [0.05, 0.1) is 13.7 Å². The van der Waals surface area contributed by atoms with E-state index in [2.05, 4.69) is 18.3 Å². The van der Waals surface area contributed by atoms with Gasteiger partial charge in [0.1, 0.15) is 11.4 Å². The molecular formula is C32H45N3O3. The highest BCUT2D eigenvalue weighted by Crippen LogP contribution is 2.41. The molecule has 0 radical (unpaired) electrons. The molecule has 38 heavy (non-hydrogen) atoms. The van der Waals surface area contributed by atoms with Gasteiger partial charge in [0.25, 0.3) is 0 Å². The van der Waals surface area contributed by atoms with Gasteiger partial charge >= 0.3 is 5.97 Å². The van der Waals surface area contributed by atoms with Crippen molar-refractivity contribution in [3.8, 4) is 17.1 Å². The number of hydrogen-bond acceptors (Lipinski definition) is 6. The maximum atomic E-state index is 12.0. The van der Waals surface area contributed by atoms with Crippen molar-refractivity contribution in [3.63, 3.8) is 0 Å². The first-order chi connectivity index (χ1) is 18.3. The topological polar surface area (TPSA) is 73.3 Å². The molecule has 206 valence electrons. The van der Waals surface area contributed by atoms with E-state index >= 15 is 0 Å². The Labute approximate surface area is 228 Å². The fourth-order valence-corrected chi connectivity index (χ4v) is 5.96. The van der Waals surface area contributed by atoms with Crippen LogP contribution in [0, 0.1) is 17.8 Å². The van der Waals surface area contributed by atoms with Crippen LogP contribution in [-0.4, -0.2) is 35.2 Å². The average Bonchev–Trinajstić information content (AvgIpc) is 2.92. The normalized spacial score (nSPS) is 22.0. The van der Waals surface area contributed by atoms with Crippen LogP contribution in [0.15, 0.2) is 36.7 Å². The van der Waals surface area contributed by atoms with Gasteiger partial charge in [0.15, 0.2) is 5.82 Å². The van der Waals surface area contributed by atoms with E-state index in [9.17, 15) is 4.79 Å². The number of esters is 1. The number of ether oxygens (including phenoxy) is 2. The van der Waals surface area contributed by atoms with Crippen molar-refractivity contribution in [2.24, 2.45) is 17.8 Å². The van der Waals surface area contributed by atoms with E-state index in [1.165, 1.54) is 50.5 Å². The van der Waals surface area contributed by atoms with Crippen LogP contribution in [0.1, 0.15) is 90.2 Å². The Morgan fingerprint density at radius 1 is 1.03 bits per heavy atom. The highest BCUT2D eigenvalue weighted by molar-refractivity contribution is 5.72. The summed E-state index contributed by atoms with van der Waals surface area (Å²) in [5.41, 5.74) is 3.90. The second-order valence-corrected chi connectivity index (χ2v) is 12.0. The van der Waals surface area contributed by atoms with Crippen LogP contribution in [0.5, 0.6) is 5.75 Å². The number of rotatable bonds is 9. The van der Waals surface area contributed by atoms with Crippen LogP contribution in [0.3, 0.4) is 0 Å². The molecule has 1 saturated carbocycles. The van der Waals surface area contributed by atoms with Crippen molar-refractivity contribution in [2.45, 2.75) is 91.2 Å². The van der Waals surface area contributed by atoms with Gasteiger partial charge in [-0.05, 0) is 82.3 Å². The maximum Gasteiger partial charge on any atom is 0.320 e. The lowest BCUT2D eigenvalue weighted by Crippen LogP contribution is -2.31. The van der Waals surface area contributed by atoms with E-state index in [-0.39, 0.29) is 12.5 Å². The molecular weight excluding hydrogens is 474 g/mol. The zero-order chi connectivity index (χ0) is 27.1. The fraction of sp³-hybridized carbons (Fsp3) is 0.594. The first kappa shape index (κ1) is 28.3. The molecule has 1 unspecified atom stereocenters. The molecule has 2 aliphatic rings. The number of nitrogens with zero attached hydrogens (tertiary/aromatic N) is 2. The number of allylic oxidation sites excluding steroid dienone is 2. The molecule has 6 heteroatoms. The highest BCUT2D eigenvalue weighted by atomic mass is 16.6. The minimum Gasteiger partial charge on any atom is -0.496 e. The molecule has 6 nitrogen and oxygen atoms in total. The Morgan fingerprint density at radius 3 is 2.37 bits per heavy atom. The standard InChI is InChI=1S/C32H45N3O3/c1-6-22-7-9-23(10-8-22)24-11-13-25(14-12-24)28-19-34-31(35-20-28)26-15-16-27(29(17-26)37-5)18-33-21-30(36)38-32(2,3)4/h13,15-17,19-20,22-24,33H,6-12,14,18,21H2,1-5H3. The lowest BCUT2D eigenvalue weighted by Gasteiger charge is -2.35. The average molecular weight is 520 g/mol. The van der Waals surface area contributed by atoms with Crippen LogP contribution in [0.25, 0.3) is 17.0 Å². The van der Waals surface area contributed by atoms with Crippen molar-refractivity contribution in [1.82, 2.24) is 15.3 Å². The van der Waals surface area contributed by atoms with Crippen molar-refractivity contribution in [3.05, 3.63) is 47.8 Å². The first-order valence-corrected chi connectivity index (χ1v) is 14.4. The number of nitrogens with one attached hydrogen (secondary N) is 1. The quantitative estimate of drug-likeness (QED) is 0.360. The Balaban J connectivity index is 1.33. The molecule has 1 N–H and O–H groups in total. The summed E-state index contributed by atoms with van der Waals surface area (Å²) in [5.74, 6) is 3.88. The van der Waals surface area contributed by atoms with Gasteiger partial charge in [-0.3, -0.25) is 4.79 Å². The molecule has 0 spiro atoms. The second-order valence-electron chi connectivity index (χ2n) is 12.0. The summed E-state index contributed by atoms with van der Waals surface area (Å²) in [4.78, 5) is 21.3. The minimum atomic E-state index is -0.489. The number of benzene rings is 1. The molecule has 0 saturated heterocycles. The Kier molecular flexibility index (Phi) is 9.59. The van der Waals surface area contributed by atoms with Gasteiger partial charge in [-0.15, -0.1) is 0 Å². The summed E-state index contributed by atoms with van der Waals surface area (Å²) in [5, 5.41) is 3.14. The van der Waals surface area contributed by atoms with E-state index in [1.807, 2.05) is 51.4 Å². The number of hydrogen-bond donors (Lipinski definition) is 1. The molecule has 1 aromatic heterocycles. The van der Waals surface area contributed by atoms with Crippen LogP contribution < -0.4 is 10.1 Å². The number of carbonyl (C=O) groups is 1. The van der Waals surface area contributed by atoms with Gasteiger partial charge in [0.2, 0.25) is 0 Å². The Hall–Kier alpha value is -2.73. The fourth-order valence-electron chi connectivity index (χ4n) is 5.96. The van der Waals surface area contributed by atoms with Crippen molar-refractivity contribution >= 4 is 11.5 Å². The molecule has 1 heterocycles. The zero-order valence-corrected chi connectivity index (χ0v) is 23.9. The summed E-state index contributed by atoms with van der Waals surface area (Å²) < 4.78 is 11.0. The van der Waals surface area contributed by atoms with Crippen molar-refractivity contribution in [1.29, 1.82) is 0 Å². The predicted octanol–water partition coefficient (Wildman–Crippen LogP) is 6.98. The predicted molar refractivity (Wildman–Crippen MR) is 153 cm³/mol. The molecule has 0 bridgehead atoms. The zero-order valence-electron chi connectivity index (χ0n) is 23.9. The minimum absolute atomic E-state index is 0.142. The highest BCUT2D eigenvalue weighted by Gasteiger charge is 2.28. The van der Waals surface area contributed by atoms with E-state index < -0.39 is 5.60 Å². The van der Waals surface area contributed by atoms with Crippen molar-refractivity contribution < 1.29 is 14.3 Å². The lowest BCUT2D eigenvalue weighted by atomic mass is 9.71. The molecule has 0 amide bonds. The third kappa shape index (κ3) is 7.66. The van der Waals surface area contributed by atoms with Gasteiger partial charge in [-0.25, -0.2) is 9.97 Å². The third-order valence-electron chi connectivity index (χ3n) is 8.16. The Bertz CT molecular complexity index is 1100. The summed E-state index contributed by atoms with van der Waals surface area (Å²) in [7, 11) is 1.65. The van der Waals surface area contributed by atoms with Crippen LogP contribution >= 0.6 is 0 Å². The first-order valence-electron chi connectivity index (χ1n) is 14.4. The summed E-state index contributed by atoms with van der Waals surface area (Å²) in [6.07, 6.45) is 17.0.